The summed E-state index contributed by atoms with van der Waals surface area (Å²) in [5.74, 6) is 3.34. The first kappa shape index (κ1) is 12.3. The third kappa shape index (κ3) is 2.11. The molecule has 4 aliphatic carbocycles. The van der Waals surface area contributed by atoms with E-state index < -0.39 is 0 Å². The third-order valence-corrected chi connectivity index (χ3v) is 5.44. The summed E-state index contributed by atoms with van der Waals surface area (Å²) in [6.45, 7) is 2.85. The molecule has 4 fully saturated rings. The van der Waals surface area contributed by atoms with Gasteiger partial charge in [-0.15, -0.1) is 0 Å². The predicted octanol–water partition coefficient (Wildman–Crippen LogP) is 1.93. The molecule has 4 bridgehead atoms. The van der Waals surface area contributed by atoms with Gasteiger partial charge in [0.05, 0.1) is 0 Å². The molecule has 0 aromatic carbocycles. The predicted molar refractivity (Wildman–Crippen MR) is 71.5 cm³/mol. The van der Waals surface area contributed by atoms with Crippen molar-refractivity contribution in [2.75, 3.05) is 6.54 Å². The second-order valence-corrected chi connectivity index (χ2v) is 7.00. The van der Waals surface area contributed by atoms with Crippen LogP contribution in [0.25, 0.3) is 0 Å². The zero-order valence-electron chi connectivity index (χ0n) is 11.2. The van der Waals surface area contributed by atoms with E-state index in [1.807, 2.05) is 6.92 Å². The molecule has 0 saturated heterocycles. The minimum absolute atomic E-state index is 0.114. The largest absolute Gasteiger partial charge is 0.409 e. The van der Waals surface area contributed by atoms with Crippen LogP contribution < -0.4 is 11.1 Å². The van der Waals surface area contributed by atoms with Gasteiger partial charge in [0.2, 0.25) is 0 Å². The van der Waals surface area contributed by atoms with Crippen molar-refractivity contribution < 1.29 is 5.21 Å². The van der Waals surface area contributed by atoms with Gasteiger partial charge >= 0.3 is 0 Å². The maximum absolute atomic E-state index is 8.70. The number of amidine groups is 1. The van der Waals surface area contributed by atoms with Crippen molar-refractivity contribution in [3.63, 3.8) is 0 Å². The lowest BCUT2D eigenvalue weighted by Gasteiger charge is -2.57. The third-order valence-electron chi connectivity index (χ3n) is 5.44. The van der Waals surface area contributed by atoms with Crippen LogP contribution in [0.5, 0.6) is 0 Å². The monoisotopic (exact) mass is 251 g/mol. The Kier molecular flexibility index (Phi) is 3.00. The minimum atomic E-state index is 0.114. The molecule has 4 nitrogen and oxygen atoms in total. The molecule has 0 spiro atoms. The summed E-state index contributed by atoms with van der Waals surface area (Å²) in [6.07, 6.45) is 8.45. The molecular weight excluding hydrogens is 226 g/mol. The maximum Gasteiger partial charge on any atom is 0.143 e. The Morgan fingerprint density at radius 3 is 2.22 bits per heavy atom. The smallest absolute Gasteiger partial charge is 0.143 e. The van der Waals surface area contributed by atoms with Crippen LogP contribution >= 0.6 is 0 Å². The highest BCUT2D eigenvalue weighted by molar-refractivity contribution is 5.82. The number of rotatable bonds is 4. The Bertz CT molecular complexity index is 318. The van der Waals surface area contributed by atoms with E-state index in [4.69, 9.17) is 10.9 Å². The minimum Gasteiger partial charge on any atom is -0.409 e. The van der Waals surface area contributed by atoms with Gasteiger partial charge in [0.25, 0.3) is 0 Å². The Hall–Kier alpha value is -0.770. The average molecular weight is 251 g/mol. The quantitative estimate of drug-likeness (QED) is 0.309. The van der Waals surface area contributed by atoms with Crippen LogP contribution in [0.3, 0.4) is 0 Å². The highest BCUT2D eigenvalue weighted by Gasteiger charge is 2.50. The van der Waals surface area contributed by atoms with Crippen molar-refractivity contribution in [3.8, 4) is 0 Å². The number of oxime groups is 1. The fraction of sp³-hybridized carbons (Fsp3) is 0.929. The van der Waals surface area contributed by atoms with Gasteiger partial charge in [-0.2, -0.15) is 0 Å². The lowest BCUT2D eigenvalue weighted by Crippen LogP contribution is -2.59. The van der Waals surface area contributed by atoms with Crippen molar-refractivity contribution in [1.29, 1.82) is 0 Å². The van der Waals surface area contributed by atoms with Crippen LogP contribution in [0.1, 0.15) is 45.4 Å². The van der Waals surface area contributed by atoms with Crippen LogP contribution in [0.4, 0.5) is 0 Å². The number of nitrogens with two attached hydrogens (primary N) is 1. The average Bonchev–Trinajstić information content (AvgIpc) is 2.33. The molecular formula is C14H25N3O. The van der Waals surface area contributed by atoms with Gasteiger partial charge < -0.3 is 16.3 Å². The molecule has 0 aromatic heterocycles. The van der Waals surface area contributed by atoms with Crippen molar-refractivity contribution in [3.05, 3.63) is 0 Å². The van der Waals surface area contributed by atoms with Gasteiger partial charge in [-0.05, 0) is 56.3 Å². The molecule has 102 valence electrons. The SMILES string of the molecule is CC(CNC12CC3CC(CC(C3)C1)C2)C(N)=NO. The van der Waals surface area contributed by atoms with Crippen LogP contribution in [-0.2, 0) is 0 Å². The summed E-state index contributed by atoms with van der Waals surface area (Å²) in [5, 5.41) is 15.6. The van der Waals surface area contributed by atoms with Gasteiger partial charge in [0, 0.05) is 18.0 Å². The Labute approximate surface area is 109 Å². The van der Waals surface area contributed by atoms with Crippen molar-refractivity contribution in [1.82, 2.24) is 5.32 Å². The van der Waals surface area contributed by atoms with Crippen LogP contribution in [0.15, 0.2) is 5.16 Å². The molecule has 0 aliphatic heterocycles. The molecule has 0 aromatic rings. The van der Waals surface area contributed by atoms with E-state index in [1.165, 1.54) is 38.5 Å². The molecule has 4 aliphatic rings. The number of hydrogen-bond acceptors (Lipinski definition) is 3. The zero-order valence-corrected chi connectivity index (χ0v) is 11.2. The number of nitrogens with zero attached hydrogens (tertiary/aromatic N) is 1. The van der Waals surface area contributed by atoms with E-state index in [-0.39, 0.29) is 5.92 Å². The Morgan fingerprint density at radius 2 is 1.78 bits per heavy atom. The van der Waals surface area contributed by atoms with E-state index in [0.29, 0.717) is 11.4 Å². The van der Waals surface area contributed by atoms with Crippen LogP contribution in [0, 0.1) is 23.7 Å². The van der Waals surface area contributed by atoms with Gasteiger partial charge in [-0.25, -0.2) is 0 Å². The second-order valence-electron chi connectivity index (χ2n) is 7.00. The fourth-order valence-electron chi connectivity index (χ4n) is 4.90. The molecule has 18 heavy (non-hydrogen) atoms. The van der Waals surface area contributed by atoms with Crippen LogP contribution in [0.2, 0.25) is 0 Å². The van der Waals surface area contributed by atoms with Gasteiger partial charge in [0.15, 0.2) is 0 Å². The summed E-state index contributed by atoms with van der Waals surface area (Å²) >= 11 is 0. The van der Waals surface area contributed by atoms with Gasteiger partial charge in [-0.3, -0.25) is 0 Å². The molecule has 0 heterocycles. The van der Waals surface area contributed by atoms with Crippen molar-refractivity contribution >= 4 is 5.84 Å². The molecule has 4 N–H and O–H groups in total. The zero-order chi connectivity index (χ0) is 12.8. The van der Waals surface area contributed by atoms with E-state index in [9.17, 15) is 0 Å². The molecule has 0 amide bonds. The molecule has 1 unspecified atom stereocenters. The van der Waals surface area contributed by atoms with Gasteiger partial charge in [-0.1, -0.05) is 12.1 Å². The summed E-state index contributed by atoms with van der Waals surface area (Å²) < 4.78 is 0. The summed E-state index contributed by atoms with van der Waals surface area (Å²) in [6, 6.07) is 0. The number of nitrogens with one attached hydrogen (secondary N) is 1. The first-order chi connectivity index (χ1) is 8.60. The lowest BCUT2D eigenvalue weighted by atomic mass is 9.53. The van der Waals surface area contributed by atoms with Gasteiger partial charge in [0.1, 0.15) is 5.84 Å². The first-order valence-corrected chi connectivity index (χ1v) is 7.33. The van der Waals surface area contributed by atoms with E-state index in [1.54, 1.807) is 0 Å². The van der Waals surface area contributed by atoms with Crippen molar-refractivity contribution in [2.45, 2.75) is 51.0 Å². The van der Waals surface area contributed by atoms with Crippen LogP contribution in [-0.4, -0.2) is 23.1 Å². The standard InChI is InChI=1S/C14H25N3O/c1-9(13(15)17-18)8-16-14-5-10-2-11(6-14)4-12(3-10)7-14/h9-12,16,18H,2-8H2,1H3,(H2,15,17). The molecule has 0 radical (unpaired) electrons. The number of hydrogen-bond donors (Lipinski definition) is 3. The Balaban J connectivity index is 1.62. The lowest BCUT2D eigenvalue weighted by molar-refractivity contribution is -0.0201. The fourth-order valence-corrected chi connectivity index (χ4v) is 4.90. The summed E-state index contributed by atoms with van der Waals surface area (Å²) in [5.41, 5.74) is 6.03. The summed E-state index contributed by atoms with van der Waals surface area (Å²) in [4.78, 5) is 0. The molecule has 1 atom stereocenters. The second kappa shape index (κ2) is 4.41. The maximum atomic E-state index is 8.70. The van der Waals surface area contributed by atoms with Crippen molar-refractivity contribution in [2.24, 2.45) is 34.6 Å². The normalized spacial score (nSPS) is 44.3. The van der Waals surface area contributed by atoms with E-state index in [2.05, 4.69) is 10.5 Å². The highest BCUT2D eigenvalue weighted by atomic mass is 16.4. The van der Waals surface area contributed by atoms with E-state index in [0.717, 1.165) is 24.3 Å². The molecule has 4 heteroatoms. The summed E-state index contributed by atoms with van der Waals surface area (Å²) in [7, 11) is 0. The highest BCUT2D eigenvalue weighted by Crippen LogP contribution is 2.55. The topological polar surface area (TPSA) is 70.6 Å². The molecule has 4 saturated carbocycles. The Morgan fingerprint density at radius 1 is 1.28 bits per heavy atom. The van der Waals surface area contributed by atoms with E-state index >= 15 is 0 Å². The molecule has 4 rings (SSSR count). The first-order valence-electron chi connectivity index (χ1n) is 7.33.